The van der Waals surface area contributed by atoms with Gasteiger partial charge in [0.25, 0.3) is 5.91 Å². The SMILES string of the molecule is Cc1ccc(O)c(/C=N/NC(=O)C2=C(O)C(Br)=CCC(Br)=C2)c1. The van der Waals surface area contributed by atoms with Crippen molar-refractivity contribution < 1.29 is 15.0 Å². The van der Waals surface area contributed by atoms with E-state index in [1.165, 1.54) is 12.3 Å². The van der Waals surface area contributed by atoms with Gasteiger partial charge in [-0.2, -0.15) is 5.10 Å². The molecule has 5 nitrogen and oxygen atoms in total. The summed E-state index contributed by atoms with van der Waals surface area (Å²) in [4.78, 5) is 12.2. The Morgan fingerprint density at radius 2 is 2.09 bits per heavy atom. The number of hydrazone groups is 1. The van der Waals surface area contributed by atoms with Crippen molar-refractivity contribution in [2.45, 2.75) is 13.3 Å². The molecule has 0 spiro atoms. The van der Waals surface area contributed by atoms with E-state index >= 15 is 0 Å². The van der Waals surface area contributed by atoms with Crippen LogP contribution in [-0.2, 0) is 4.79 Å². The minimum atomic E-state index is -0.560. The summed E-state index contributed by atoms with van der Waals surface area (Å²) in [5, 5.41) is 23.6. The highest BCUT2D eigenvalue weighted by Crippen LogP contribution is 2.28. The predicted molar refractivity (Wildman–Crippen MR) is 96.9 cm³/mol. The van der Waals surface area contributed by atoms with Crippen molar-refractivity contribution in [3.05, 3.63) is 61.8 Å². The molecule has 120 valence electrons. The zero-order valence-electron chi connectivity index (χ0n) is 12.2. The number of aromatic hydroxyl groups is 1. The Morgan fingerprint density at radius 1 is 1.35 bits per heavy atom. The van der Waals surface area contributed by atoms with Crippen LogP contribution in [0.5, 0.6) is 5.75 Å². The quantitative estimate of drug-likeness (QED) is 0.491. The fourth-order valence-electron chi connectivity index (χ4n) is 1.87. The first-order valence-corrected chi connectivity index (χ1v) is 8.25. The first-order valence-electron chi connectivity index (χ1n) is 6.67. The lowest BCUT2D eigenvalue weighted by Gasteiger charge is -2.04. The van der Waals surface area contributed by atoms with Crippen LogP contribution in [0.1, 0.15) is 17.5 Å². The van der Waals surface area contributed by atoms with Crippen LogP contribution in [0.3, 0.4) is 0 Å². The minimum absolute atomic E-state index is 0.0680. The highest BCUT2D eigenvalue weighted by molar-refractivity contribution is 9.12. The van der Waals surface area contributed by atoms with E-state index in [4.69, 9.17) is 0 Å². The summed E-state index contributed by atoms with van der Waals surface area (Å²) in [5.41, 5.74) is 3.87. The van der Waals surface area contributed by atoms with Crippen LogP contribution in [0.4, 0.5) is 0 Å². The number of carbonyl (C=O) groups is 1. The number of phenols is 1. The standard InChI is InChI=1S/C16H14Br2N2O3/c1-9-2-5-14(21)10(6-9)8-19-20-16(23)12-7-11(17)3-4-13(18)15(12)22/h2,4-8,21-22H,3H2,1H3,(H,20,23)/b19-8+. The summed E-state index contributed by atoms with van der Waals surface area (Å²) < 4.78 is 1.19. The van der Waals surface area contributed by atoms with E-state index in [1.807, 2.05) is 6.92 Å². The van der Waals surface area contributed by atoms with Crippen molar-refractivity contribution in [2.24, 2.45) is 5.10 Å². The van der Waals surface area contributed by atoms with Gasteiger partial charge in [0.1, 0.15) is 11.5 Å². The van der Waals surface area contributed by atoms with Gasteiger partial charge in [0.2, 0.25) is 0 Å². The second-order valence-corrected chi connectivity index (χ2v) is 6.74. The van der Waals surface area contributed by atoms with Gasteiger partial charge in [0.15, 0.2) is 0 Å². The number of phenolic OH excluding ortho intramolecular Hbond substituents is 1. The third-order valence-electron chi connectivity index (χ3n) is 3.06. The smallest absolute Gasteiger partial charge is 0.275 e. The molecular weight excluding hydrogens is 428 g/mol. The Balaban J connectivity index is 2.17. The fraction of sp³-hybridized carbons (Fsp3) is 0.125. The number of hydrogen-bond donors (Lipinski definition) is 3. The highest BCUT2D eigenvalue weighted by Gasteiger charge is 2.17. The molecule has 0 saturated heterocycles. The monoisotopic (exact) mass is 440 g/mol. The zero-order chi connectivity index (χ0) is 17.0. The van der Waals surface area contributed by atoms with E-state index in [-0.39, 0.29) is 17.1 Å². The second kappa shape index (κ2) is 7.61. The number of aliphatic hydroxyl groups is 1. The summed E-state index contributed by atoms with van der Waals surface area (Å²) in [5.74, 6) is -0.654. The average molecular weight is 442 g/mol. The molecule has 1 aliphatic rings. The number of amides is 1. The first-order chi connectivity index (χ1) is 10.9. The number of nitrogens with one attached hydrogen (secondary N) is 1. The molecule has 0 radical (unpaired) electrons. The normalized spacial score (nSPS) is 15.3. The molecule has 1 aromatic carbocycles. The van der Waals surface area contributed by atoms with E-state index in [0.29, 0.717) is 16.5 Å². The summed E-state index contributed by atoms with van der Waals surface area (Å²) in [6.07, 6.45) is 5.18. The Labute approximate surface area is 150 Å². The van der Waals surface area contributed by atoms with Crippen LogP contribution in [0.25, 0.3) is 0 Å². The number of aliphatic hydroxyl groups excluding tert-OH is 1. The Hall–Kier alpha value is -1.86. The molecule has 23 heavy (non-hydrogen) atoms. The lowest BCUT2D eigenvalue weighted by atomic mass is 10.1. The van der Waals surface area contributed by atoms with Gasteiger partial charge >= 0.3 is 0 Å². The topological polar surface area (TPSA) is 81.9 Å². The van der Waals surface area contributed by atoms with Gasteiger partial charge in [-0.15, -0.1) is 0 Å². The molecule has 0 bridgehead atoms. The molecule has 1 aromatic rings. The number of rotatable bonds is 3. The molecule has 0 fully saturated rings. The Kier molecular flexibility index (Phi) is 5.79. The Morgan fingerprint density at radius 3 is 2.83 bits per heavy atom. The molecule has 0 atom stereocenters. The maximum Gasteiger partial charge on any atom is 0.275 e. The number of benzene rings is 1. The van der Waals surface area contributed by atoms with E-state index in [2.05, 4.69) is 42.4 Å². The van der Waals surface area contributed by atoms with Crippen molar-refractivity contribution >= 4 is 44.0 Å². The van der Waals surface area contributed by atoms with Crippen LogP contribution < -0.4 is 5.43 Å². The van der Waals surface area contributed by atoms with Gasteiger partial charge in [-0.25, -0.2) is 5.43 Å². The molecule has 7 heteroatoms. The average Bonchev–Trinajstić information content (AvgIpc) is 2.64. The summed E-state index contributed by atoms with van der Waals surface area (Å²) in [6.45, 7) is 1.88. The number of halogens is 2. The second-order valence-electron chi connectivity index (χ2n) is 4.87. The van der Waals surface area contributed by atoms with Crippen LogP contribution in [0.15, 0.2) is 55.7 Å². The van der Waals surface area contributed by atoms with E-state index in [0.717, 1.165) is 10.0 Å². The molecule has 0 unspecified atom stereocenters. The first kappa shape index (κ1) is 17.5. The molecule has 3 N–H and O–H groups in total. The number of allylic oxidation sites excluding steroid dienone is 3. The minimum Gasteiger partial charge on any atom is -0.507 e. The van der Waals surface area contributed by atoms with Gasteiger partial charge in [-0.05, 0) is 52.0 Å². The summed E-state index contributed by atoms with van der Waals surface area (Å²) in [7, 11) is 0. The van der Waals surface area contributed by atoms with Gasteiger partial charge < -0.3 is 10.2 Å². The number of hydrogen-bond acceptors (Lipinski definition) is 4. The van der Waals surface area contributed by atoms with Crippen molar-refractivity contribution in [3.8, 4) is 5.75 Å². The van der Waals surface area contributed by atoms with E-state index in [9.17, 15) is 15.0 Å². The highest BCUT2D eigenvalue weighted by atomic mass is 79.9. The third-order valence-corrected chi connectivity index (χ3v) is 4.31. The maximum absolute atomic E-state index is 12.2. The molecule has 0 saturated carbocycles. The van der Waals surface area contributed by atoms with Crippen molar-refractivity contribution in [3.63, 3.8) is 0 Å². The van der Waals surface area contributed by atoms with Gasteiger partial charge in [0.05, 0.1) is 16.3 Å². The van der Waals surface area contributed by atoms with Crippen LogP contribution in [0.2, 0.25) is 0 Å². The Bertz CT molecular complexity index is 765. The van der Waals surface area contributed by atoms with Crippen LogP contribution in [0, 0.1) is 6.92 Å². The number of aryl methyl sites for hydroxylation is 1. The van der Waals surface area contributed by atoms with E-state index in [1.54, 1.807) is 24.3 Å². The van der Waals surface area contributed by atoms with E-state index < -0.39 is 5.91 Å². The van der Waals surface area contributed by atoms with Crippen molar-refractivity contribution in [1.29, 1.82) is 0 Å². The summed E-state index contributed by atoms with van der Waals surface area (Å²) >= 11 is 6.53. The molecule has 0 heterocycles. The molecule has 0 aromatic heterocycles. The number of nitrogens with zero attached hydrogens (tertiary/aromatic N) is 1. The largest absolute Gasteiger partial charge is 0.507 e. The lowest BCUT2D eigenvalue weighted by Crippen LogP contribution is -2.20. The van der Waals surface area contributed by atoms with Crippen LogP contribution in [-0.4, -0.2) is 22.3 Å². The molecular formula is C16H14Br2N2O3. The predicted octanol–water partition coefficient (Wildman–Crippen LogP) is 3.92. The van der Waals surface area contributed by atoms with Gasteiger partial charge in [-0.3, -0.25) is 4.79 Å². The third kappa shape index (κ3) is 4.56. The summed E-state index contributed by atoms with van der Waals surface area (Å²) in [6, 6.07) is 5.06. The number of carbonyl (C=O) groups excluding carboxylic acids is 1. The lowest BCUT2D eigenvalue weighted by molar-refractivity contribution is -0.117. The fourth-order valence-corrected chi connectivity index (χ4v) is 2.63. The maximum atomic E-state index is 12.2. The molecule has 2 rings (SSSR count). The molecule has 1 aliphatic carbocycles. The van der Waals surface area contributed by atoms with Crippen molar-refractivity contribution in [2.75, 3.05) is 0 Å². The van der Waals surface area contributed by atoms with Crippen molar-refractivity contribution in [1.82, 2.24) is 5.43 Å². The van der Waals surface area contributed by atoms with Gasteiger partial charge in [0, 0.05) is 5.56 Å². The zero-order valence-corrected chi connectivity index (χ0v) is 15.3. The molecule has 1 amide bonds. The van der Waals surface area contributed by atoms with Crippen LogP contribution >= 0.6 is 31.9 Å². The van der Waals surface area contributed by atoms with Gasteiger partial charge in [-0.1, -0.05) is 33.6 Å². The molecule has 0 aliphatic heterocycles.